The highest BCUT2D eigenvalue weighted by Crippen LogP contribution is 2.21. The van der Waals surface area contributed by atoms with Crippen molar-refractivity contribution in [3.8, 4) is 0 Å². The van der Waals surface area contributed by atoms with Gasteiger partial charge in [0, 0.05) is 6.42 Å². The van der Waals surface area contributed by atoms with Gasteiger partial charge in [0.05, 0.1) is 6.54 Å². The minimum absolute atomic E-state index is 1.09. The van der Waals surface area contributed by atoms with Crippen LogP contribution >= 0.6 is 0 Å². The van der Waals surface area contributed by atoms with Crippen LogP contribution in [0.3, 0.4) is 0 Å². The lowest BCUT2D eigenvalue weighted by molar-refractivity contribution is -0.703. The molecule has 0 bridgehead atoms. The summed E-state index contributed by atoms with van der Waals surface area (Å²) >= 11 is 0. The molecule has 27 heavy (non-hydrogen) atoms. The molecule has 0 unspecified atom stereocenters. The number of aromatic amines is 1. The molecule has 0 aliphatic carbocycles. The molecule has 16 heteroatoms. The van der Waals surface area contributed by atoms with Crippen LogP contribution in [0.25, 0.3) is 0 Å². The molecular weight excluding hydrogens is 434 g/mol. The highest BCUT2D eigenvalue weighted by Gasteiger charge is 2.44. The van der Waals surface area contributed by atoms with Crippen LogP contribution in [0.5, 0.6) is 0 Å². The summed E-state index contributed by atoms with van der Waals surface area (Å²) in [4.78, 5) is 3.23. The van der Waals surface area contributed by atoms with Gasteiger partial charge in [-0.25, -0.2) is 18.0 Å². The second-order valence-electron chi connectivity index (χ2n) is 4.63. The van der Waals surface area contributed by atoms with Gasteiger partial charge in [0.25, 0.3) is 5.82 Å². The van der Waals surface area contributed by atoms with Gasteiger partial charge >= 0.3 is 21.1 Å². The van der Waals surface area contributed by atoms with E-state index in [1.807, 2.05) is 6.20 Å². The molecule has 0 saturated heterocycles. The SMILES string of the molecule is CCCC[n+]1cc[nH]c1CC.O=S(=O)(O)C(F)(F)F.O=S(=O)([O-])C(F)(F)F. The maximum absolute atomic E-state index is 10.7. The highest BCUT2D eigenvalue weighted by atomic mass is 32.2. The Labute approximate surface area is 151 Å². The summed E-state index contributed by atoms with van der Waals surface area (Å²) in [5, 5.41) is 0. The number of halogens is 6. The Morgan fingerprint density at radius 1 is 1.07 bits per heavy atom. The van der Waals surface area contributed by atoms with E-state index in [0.717, 1.165) is 13.0 Å². The second kappa shape index (κ2) is 10.8. The van der Waals surface area contributed by atoms with Gasteiger partial charge in [-0.1, -0.05) is 20.3 Å². The standard InChI is InChI=1S/C9H16N2.2CHF3O3S/c1-3-5-7-11-8-6-10-9(11)4-2;2*2-1(3,4)8(5,6)7/h6,8H,3-5,7H2,1-2H3;2*(H,5,6,7). The first-order valence-corrected chi connectivity index (χ1v) is 9.84. The lowest BCUT2D eigenvalue weighted by Crippen LogP contribution is -2.35. The van der Waals surface area contributed by atoms with E-state index in [1.54, 1.807) is 0 Å². The second-order valence-corrected chi connectivity index (χ2v) is 7.41. The summed E-state index contributed by atoms with van der Waals surface area (Å²) in [7, 11) is -11.9. The molecule has 0 aromatic carbocycles. The van der Waals surface area contributed by atoms with Crippen LogP contribution in [0.15, 0.2) is 12.4 Å². The molecule has 1 aromatic heterocycles. The van der Waals surface area contributed by atoms with Crippen molar-refractivity contribution in [2.75, 3.05) is 0 Å². The molecule has 2 N–H and O–H groups in total. The number of aryl methyl sites for hydroxylation is 2. The van der Waals surface area contributed by atoms with Gasteiger partial charge < -0.3 is 4.55 Å². The summed E-state index contributed by atoms with van der Waals surface area (Å²) in [6, 6.07) is 0. The third-order valence-corrected chi connectivity index (χ3v) is 3.67. The zero-order valence-corrected chi connectivity index (χ0v) is 15.6. The normalized spacial score (nSPS) is 12.5. The molecule has 0 atom stereocenters. The van der Waals surface area contributed by atoms with Gasteiger partial charge in [-0.2, -0.15) is 34.8 Å². The van der Waals surface area contributed by atoms with Crippen LogP contribution in [0.1, 0.15) is 32.5 Å². The third kappa shape index (κ3) is 11.8. The largest absolute Gasteiger partial charge is 0.741 e. The maximum atomic E-state index is 10.7. The summed E-state index contributed by atoms with van der Waals surface area (Å²) in [6.07, 6.45) is 7.76. The number of unbranched alkanes of at least 4 members (excludes halogenated alkanes) is 1. The first-order chi connectivity index (χ1) is 11.9. The summed E-state index contributed by atoms with van der Waals surface area (Å²) in [5.41, 5.74) is -11.2. The van der Waals surface area contributed by atoms with Gasteiger partial charge in [-0.05, 0) is 6.42 Å². The van der Waals surface area contributed by atoms with Crippen LogP contribution in [0.4, 0.5) is 26.3 Å². The zero-order valence-electron chi connectivity index (χ0n) is 14.0. The van der Waals surface area contributed by atoms with E-state index >= 15 is 0 Å². The van der Waals surface area contributed by atoms with Crippen molar-refractivity contribution in [1.29, 1.82) is 0 Å². The number of aromatic nitrogens is 2. The molecule has 162 valence electrons. The van der Waals surface area contributed by atoms with E-state index < -0.39 is 31.3 Å². The van der Waals surface area contributed by atoms with Crippen LogP contribution in [-0.4, -0.2) is 41.9 Å². The lowest BCUT2D eigenvalue weighted by atomic mass is 10.3. The molecule has 0 aliphatic rings. The summed E-state index contributed by atoms with van der Waals surface area (Å²) in [5.74, 6) is 1.33. The molecule has 1 heterocycles. The van der Waals surface area contributed by atoms with Gasteiger partial charge in [0.1, 0.15) is 12.4 Å². The van der Waals surface area contributed by atoms with E-state index in [0.29, 0.717) is 0 Å². The zero-order chi connectivity index (χ0) is 22.1. The molecule has 0 amide bonds. The minimum atomic E-state index is -6.09. The quantitative estimate of drug-likeness (QED) is 0.311. The number of imidazole rings is 1. The number of nitrogens with one attached hydrogen (secondary N) is 1. The number of rotatable bonds is 4. The molecule has 0 aliphatic heterocycles. The number of nitrogens with zero attached hydrogens (tertiary/aromatic N) is 1. The van der Waals surface area contributed by atoms with Crippen LogP contribution in [0, 0.1) is 0 Å². The fourth-order valence-corrected chi connectivity index (χ4v) is 1.24. The molecule has 1 aromatic rings. The van der Waals surface area contributed by atoms with Gasteiger partial charge in [-0.3, -0.25) is 4.55 Å². The van der Waals surface area contributed by atoms with E-state index in [4.69, 9.17) is 25.9 Å². The molecular formula is C11H18F6N2O6S2. The van der Waals surface area contributed by atoms with Gasteiger partial charge in [-0.15, -0.1) is 0 Å². The molecule has 1 rings (SSSR count). The van der Waals surface area contributed by atoms with Crippen LogP contribution in [-0.2, 0) is 33.2 Å². The van der Waals surface area contributed by atoms with Crippen LogP contribution in [0.2, 0.25) is 0 Å². The molecule has 0 spiro atoms. The molecule has 8 nitrogen and oxygen atoms in total. The third-order valence-electron chi connectivity index (χ3n) is 2.51. The van der Waals surface area contributed by atoms with Crippen molar-refractivity contribution in [2.24, 2.45) is 0 Å². The fourth-order valence-electron chi connectivity index (χ4n) is 1.24. The number of H-pyrrole nitrogens is 1. The van der Waals surface area contributed by atoms with E-state index in [9.17, 15) is 26.3 Å². The first-order valence-electron chi connectivity index (χ1n) is 7.00. The minimum Gasteiger partial charge on any atom is -0.741 e. The lowest BCUT2D eigenvalue weighted by Gasteiger charge is -2.08. The Kier molecular flexibility index (Phi) is 11.1. The number of alkyl halides is 6. The maximum Gasteiger partial charge on any atom is 0.522 e. The number of hydrogen-bond donors (Lipinski definition) is 2. The van der Waals surface area contributed by atoms with Crippen molar-refractivity contribution in [2.45, 2.75) is 50.7 Å². The monoisotopic (exact) mass is 452 g/mol. The van der Waals surface area contributed by atoms with Crippen LogP contribution < -0.4 is 4.57 Å². The fraction of sp³-hybridized carbons (Fsp3) is 0.727. The first kappa shape index (κ1) is 27.8. The summed E-state index contributed by atoms with van der Waals surface area (Å²) in [6.45, 7) is 5.55. The van der Waals surface area contributed by atoms with Crippen molar-refractivity contribution < 1.29 is 56.9 Å². The number of hydrogen-bond acceptors (Lipinski definition) is 5. The molecule has 0 radical (unpaired) electrons. The van der Waals surface area contributed by atoms with Crippen molar-refractivity contribution in [3.63, 3.8) is 0 Å². The smallest absolute Gasteiger partial charge is 0.522 e. The van der Waals surface area contributed by atoms with Gasteiger partial charge in [0.2, 0.25) is 0 Å². The Morgan fingerprint density at radius 3 is 1.74 bits per heavy atom. The van der Waals surface area contributed by atoms with Crippen molar-refractivity contribution >= 4 is 20.2 Å². The average molecular weight is 452 g/mol. The Balaban J connectivity index is 0. The predicted molar refractivity (Wildman–Crippen MR) is 78.6 cm³/mol. The highest BCUT2D eigenvalue weighted by molar-refractivity contribution is 7.86. The van der Waals surface area contributed by atoms with Crippen molar-refractivity contribution in [1.82, 2.24) is 4.98 Å². The summed E-state index contributed by atoms with van der Waals surface area (Å²) < 4.78 is 119. The average Bonchev–Trinajstić information content (AvgIpc) is 2.89. The van der Waals surface area contributed by atoms with E-state index in [2.05, 4.69) is 29.6 Å². The van der Waals surface area contributed by atoms with E-state index in [-0.39, 0.29) is 0 Å². The molecule has 0 saturated carbocycles. The predicted octanol–water partition coefficient (Wildman–Crippen LogP) is 2.11. The molecule has 0 fully saturated rings. The Hall–Kier alpha value is -1.39. The van der Waals surface area contributed by atoms with Gasteiger partial charge in [0.15, 0.2) is 10.1 Å². The topological polar surface area (TPSA) is 131 Å². The Bertz CT molecular complexity index is 713. The Morgan fingerprint density at radius 2 is 1.48 bits per heavy atom. The van der Waals surface area contributed by atoms with E-state index in [1.165, 1.54) is 18.7 Å². The van der Waals surface area contributed by atoms with Crippen molar-refractivity contribution in [3.05, 3.63) is 18.2 Å².